The highest BCUT2D eigenvalue weighted by Gasteiger charge is 2.15. The number of hydrogen-bond donors (Lipinski definition) is 2. The molecular formula is C28H56N2O2. The number of rotatable bonds is 25. The predicted octanol–water partition coefficient (Wildman–Crippen LogP) is 7.81. The van der Waals surface area contributed by atoms with Gasteiger partial charge in [0.2, 0.25) is 11.8 Å². The average molecular weight is 453 g/mol. The number of primary amides is 2. The van der Waals surface area contributed by atoms with Gasteiger partial charge in [-0.15, -0.1) is 0 Å². The first-order chi connectivity index (χ1) is 15.5. The quantitative estimate of drug-likeness (QED) is 0.138. The van der Waals surface area contributed by atoms with Crippen LogP contribution in [0, 0.1) is 11.8 Å². The summed E-state index contributed by atoms with van der Waals surface area (Å²) >= 11 is 0. The molecule has 32 heavy (non-hydrogen) atoms. The van der Waals surface area contributed by atoms with Gasteiger partial charge in [-0.05, 0) is 25.7 Å². The third kappa shape index (κ3) is 19.6. The molecule has 0 heterocycles. The van der Waals surface area contributed by atoms with Crippen molar-refractivity contribution in [2.24, 2.45) is 23.3 Å². The minimum atomic E-state index is -0.110. The second-order valence-corrected chi connectivity index (χ2v) is 10.0. The molecule has 4 N–H and O–H groups in total. The van der Waals surface area contributed by atoms with Crippen LogP contribution in [0.5, 0.6) is 0 Å². The van der Waals surface area contributed by atoms with Crippen LogP contribution >= 0.6 is 0 Å². The van der Waals surface area contributed by atoms with Gasteiger partial charge in [0.1, 0.15) is 0 Å². The lowest BCUT2D eigenvalue weighted by atomic mass is 9.92. The van der Waals surface area contributed by atoms with E-state index in [9.17, 15) is 9.59 Å². The summed E-state index contributed by atoms with van der Waals surface area (Å²) in [7, 11) is 0. The molecule has 0 aliphatic rings. The third-order valence-corrected chi connectivity index (χ3v) is 6.97. The van der Waals surface area contributed by atoms with E-state index in [-0.39, 0.29) is 23.7 Å². The Kier molecular flexibility index (Phi) is 22.3. The molecule has 0 saturated heterocycles. The van der Waals surface area contributed by atoms with Crippen LogP contribution in [0.1, 0.15) is 155 Å². The van der Waals surface area contributed by atoms with Crippen molar-refractivity contribution in [2.75, 3.05) is 0 Å². The SMILES string of the molecule is CCCCCCCCC(CCCCCCCCC(CCCCCCCC)C(N)=O)C(N)=O. The Bertz CT molecular complexity index is 399. The first-order valence-corrected chi connectivity index (χ1v) is 14.1. The summed E-state index contributed by atoms with van der Waals surface area (Å²) in [6.45, 7) is 4.47. The van der Waals surface area contributed by atoms with Gasteiger partial charge in [0.25, 0.3) is 0 Å². The average Bonchev–Trinajstić information content (AvgIpc) is 2.76. The maximum Gasteiger partial charge on any atom is 0.220 e. The van der Waals surface area contributed by atoms with Crippen LogP contribution in [-0.2, 0) is 9.59 Å². The van der Waals surface area contributed by atoms with Gasteiger partial charge in [-0.2, -0.15) is 0 Å². The summed E-state index contributed by atoms with van der Waals surface area (Å²) in [6, 6.07) is 0. The van der Waals surface area contributed by atoms with E-state index < -0.39 is 0 Å². The predicted molar refractivity (Wildman–Crippen MR) is 138 cm³/mol. The molecule has 0 rings (SSSR count). The molecule has 0 aliphatic carbocycles. The maximum atomic E-state index is 11.7. The normalized spacial score (nSPS) is 13.2. The second kappa shape index (κ2) is 23.1. The van der Waals surface area contributed by atoms with Crippen molar-refractivity contribution in [3.8, 4) is 0 Å². The second-order valence-electron chi connectivity index (χ2n) is 10.0. The smallest absolute Gasteiger partial charge is 0.220 e. The molecule has 4 heteroatoms. The number of carbonyl (C=O) groups is 2. The first kappa shape index (κ1) is 30.9. The molecule has 0 spiro atoms. The molecular weight excluding hydrogens is 396 g/mol. The third-order valence-electron chi connectivity index (χ3n) is 6.97. The molecule has 2 amide bonds. The molecule has 0 radical (unpaired) electrons. The lowest BCUT2D eigenvalue weighted by molar-refractivity contribution is -0.123. The number of nitrogens with two attached hydrogens (primary N) is 2. The molecule has 4 nitrogen and oxygen atoms in total. The van der Waals surface area contributed by atoms with Crippen LogP contribution in [-0.4, -0.2) is 11.8 Å². The summed E-state index contributed by atoms with van der Waals surface area (Å²) in [5.41, 5.74) is 11.2. The van der Waals surface area contributed by atoms with Crippen molar-refractivity contribution < 1.29 is 9.59 Å². The Morgan fingerprint density at radius 1 is 0.438 bits per heavy atom. The number of unbranched alkanes of at least 4 members (excludes halogenated alkanes) is 15. The standard InChI is InChI=1S/C28H56N2O2/c1-3-5-7-9-13-17-21-25(27(29)31)23-19-15-11-12-16-20-24-26(28(30)32)22-18-14-10-8-6-4-2/h25-26H,3-24H2,1-2H3,(H2,29,31)(H2,30,32). The minimum Gasteiger partial charge on any atom is -0.369 e. The van der Waals surface area contributed by atoms with Gasteiger partial charge >= 0.3 is 0 Å². The molecule has 190 valence electrons. The Balaban J connectivity index is 3.72. The van der Waals surface area contributed by atoms with E-state index in [1.54, 1.807) is 0 Å². The molecule has 0 aromatic carbocycles. The van der Waals surface area contributed by atoms with E-state index in [4.69, 9.17) is 11.5 Å². The lowest BCUT2D eigenvalue weighted by Crippen LogP contribution is -2.23. The molecule has 2 atom stereocenters. The van der Waals surface area contributed by atoms with Crippen molar-refractivity contribution in [1.29, 1.82) is 0 Å². The van der Waals surface area contributed by atoms with Crippen molar-refractivity contribution in [3.05, 3.63) is 0 Å². The van der Waals surface area contributed by atoms with Gasteiger partial charge < -0.3 is 11.5 Å². The van der Waals surface area contributed by atoms with E-state index in [1.807, 2.05) is 0 Å². The van der Waals surface area contributed by atoms with Crippen LogP contribution in [0.4, 0.5) is 0 Å². The lowest BCUT2D eigenvalue weighted by Gasteiger charge is -2.14. The molecule has 0 bridgehead atoms. The number of carbonyl (C=O) groups excluding carboxylic acids is 2. The summed E-state index contributed by atoms with van der Waals surface area (Å²) in [4.78, 5) is 23.4. The maximum absolute atomic E-state index is 11.7. The molecule has 2 unspecified atom stereocenters. The van der Waals surface area contributed by atoms with Gasteiger partial charge in [-0.25, -0.2) is 0 Å². The van der Waals surface area contributed by atoms with Crippen molar-refractivity contribution in [2.45, 2.75) is 155 Å². The Morgan fingerprint density at radius 3 is 0.875 bits per heavy atom. The molecule has 0 aromatic rings. The van der Waals surface area contributed by atoms with Crippen LogP contribution in [0.2, 0.25) is 0 Å². The number of hydrogen-bond acceptors (Lipinski definition) is 2. The highest BCUT2D eigenvalue weighted by molar-refractivity contribution is 5.76. The van der Waals surface area contributed by atoms with Gasteiger partial charge in [0.15, 0.2) is 0 Å². The van der Waals surface area contributed by atoms with Gasteiger partial charge in [-0.3, -0.25) is 9.59 Å². The Labute approximate surface area is 200 Å². The largest absolute Gasteiger partial charge is 0.369 e. The zero-order valence-corrected chi connectivity index (χ0v) is 21.7. The summed E-state index contributed by atoms with van der Waals surface area (Å²) in [5, 5.41) is 0. The fourth-order valence-corrected chi connectivity index (χ4v) is 4.69. The van der Waals surface area contributed by atoms with E-state index in [2.05, 4.69) is 13.8 Å². The fourth-order valence-electron chi connectivity index (χ4n) is 4.69. The summed E-state index contributed by atoms with van der Waals surface area (Å²) in [5.74, 6) is -0.0817. The first-order valence-electron chi connectivity index (χ1n) is 14.1. The zero-order chi connectivity index (χ0) is 23.9. The molecule has 0 aliphatic heterocycles. The van der Waals surface area contributed by atoms with E-state index in [0.717, 1.165) is 51.4 Å². The van der Waals surface area contributed by atoms with Crippen LogP contribution < -0.4 is 11.5 Å². The summed E-state index contributed by atoms with van der Waals surface area (Å²) in [6.07, 6.45) is 25.9. The fraction of sp³-hybridized carbons (Fsp3) is 0.929. The monoisotopic (exact) mass is 452 g/mol. The van der Waals surface area contributed by atoms with Crippen LogP contribution in [0.25, 0.3) is 0 Å². The molecule has 0 fully saturated rings. The number of amides is 2. The van der Waals surface area contributed by atoms with Gasteiger partial charge in [0.05, 0.1) is 0 Å². The highest BCUT2D eigenvalue weighted by atomic mass is 16.1. The van der Waals surface area contributed by atoms with E-state index >= 15 is 0 Å². The summed E-state index contributed by atoms with van der Waals surface area (Å²) < 4.78 is 0. The van der Waals surface area contributed by atoms with Crippen molar-refractivity contribution >= 4 is 11.8 Å². The van der Waals surface area contributed by atoms with Crippen molar-refractivity contribution in [3.63, 3.8) is 0 Å². The van der Waals surface area contributed by atoms with Gasteiger partial charge in [-0.1, -0.05) is 129 Å². The molecule has 0 aromatic heterocycles. The van der Waals surface area contributed by atoms with Crippen LogP contribution in [0.15, 0.2) is 0 Å². The Hall–Kier alpha value is -1.06. The Morgan fingerprint density at radius 2 is 0.656 bits per heavy atom. The zero-order valence-electron chi connectivity index (χ0n) is 21.7. The van der Waals surface area contributed by atoms with Crippen LogP contribution in [0.3, 0.4) is 0 Å². The minimum absolute atomic E-state index is 0.0690. The van der Waals surface area contributed by atoms with E-state index in [1.165, 1.54) is 89.9 Å². The van der Waals surface area contributed by atoms with Crippen molar-refractivity contribution in [1.82, 2.24) is 0 Å². The topological polar surface area (TPSA) is 86.2 Å². The van der Waals surface area contributed by atoms with E-state index in [0.29, 0.717) is 0 Å². The molecule has 0 saturated carbocycles. The van der Waals surface area contributed by atoms with Gasteiger partial charge in [0, 0.05) is 11.8 Å². The highest BCUT2D eigenvalue weighted by Crippen LogP contribution is 2.21.